The number of aliphatic hydroxyl groups is 1. The van der Waals surface area contributed by atoms with Gasteiger partial charge in [-0.2, -0.15) is 8.42 Å². The molecule has 10 heteroatoms. The first kappa shape index (κ1) is 20.3. The maximum Gasteiger partial charge on any atom is 0.286 e. The fraction of sp³-hybridized carbons (Fsp3) is 0.524. The Morgan fingerprint density at radius 2 is 2.06 bits per heavy atom. The number of aliphatic hydroxyl groups excluding tert-OH is 1. The molecule has 0 spiro atoms. The quantitative estimate of drug-likeness (QED) is 0.602. The van der Waals surface area contributed by atoms with Gasteiger partial charge in [0.05, 0.1) is 29.9 Å². The summed E-state index contributed by atoms with van der Waals surface area (Å²) in [5.74, 6) is -0.704. The third-order valence-electron chi connectivity index (χ3n) is 6.57. The molecule has 4 aliphatic rings. The van der Waals surface area contributed by atoms with Crippen molar-refractivity contribution in [3.8, 4) is 0 Å². The van der Waals surface area contributed by atoms with Crippen LogP contribution in [0.3, 0.4) is 0 Å². The van der Waals surface area contributed by atoms with Crippen molar-refractivity contribution in [2.24, 2.45) is 16.2 Å². The Hall–Kier alpha value is -2.59. The molecule has 0 aromatic heterocycles. The minimum Gasteiger partial charge on any atom is -0.511 e. The van der Waals surface area contributed by atoms with Crippen LogP contribution in [0.2, 0.25) is 0 Å². The molecular formula is C21H26N4O5S. The van der Waals surface area contributed by atoms with E-state index >= 15 is 0 Å². The van der Waals surface area contributed by atoms with Gasteiger partial charge in [-0.05, 0) is 43.4 Å². The Balaban J connectivity index is 1.60. The number of nitrogens with two attached hydrogens (primary N) is 1. The summed E-state index contributed by atoms with van der Waals surface area (Å²) in [6, 6.07) is 4.18. The number of rotatable bonds is 4. The van der Waals surface area contributed by atoms with Crippen LogP contribution in [0.4, 0.5) is 11.4 Å². The van der Waals surface area contributed by atoms with Crippen molar-refractivity contribution in [2.75, 3.05) is 17.6 Å². The van der Waals surface area contributed by atoms with E-state index in [4.69, 9.17) is 10.5 Å². The van der Waals surface area contributed by atoms with Crippen LogP contribution >= 0.6 is 0 Å². The summed E-state index contributed by atoms with van der Waals surface area (Å²) in [6.07, 6.45) is 2.15. The van der Waals surface area contributed by atoms with E-state index in [0.29, 0.717) is 18.2 Å². The lowest BCUT2D eigenvalue weighted by Crippen LogP contribution is -2.56. The fourth-order valence-corrected chi connectivity index (χ4v) is 6.26. The van der Waals surface area contributed by atoms with Crippen molar-refractivity contribution >= 4 is 33.1 Å². The zero-order chi connectivity index (χ0) is 22.1. The largest absolute Gasteiger partial charge is 0.511 e. The molecule has 0 aliphatic carbocycles. The number of nitrogens with one attached hydrogen (secondary N) is 1. The van der Waals surface area contributed by atoms with Gasteiger partial charge in [0, 0.05) is 12.2 Å². The number of carbonyl (C=O) groups excluding carboxylic acids is 1. The second-order valence-electron chi connectivity index (χ2n) is 9.04. The molecule has 166 valence electrons. The predicted octanol–water partition coefficient (Wildman–Crippen LogP) is 2.03. The van der Waals surface area contributed by atoms with E-state index in [1.807, 2.05) is 0 Å². The summed E-state index contributed by atoms with van der Waals surface area (Å²) in [5.41, 5.74) is 6.20. The van der Waals surface area contributed by atoms with Gasteiger partial charge in [0.25, 0.3) is 15.9 Å². The molecule has 2 fully saturated rings. The van der Waals surface area contributed by atoms with Crippen molar-refractivity contribution < 1.29 is 23.1 Å². The highest BCUT2D eigenvalue weighted by atomic mass is 32.2. The zero-order valence-corrected chi connectivity index (χ0v) is 18.2. The number of nitrogens with zero attached hydrogens (tertiary/aromatic N) is 2. The molecule has 4 heterocycles. The van der Waals surface area contributed by atoms with Gasteiger partial charge in [-0.15, -0.1) is 4.40 Å². The number of amidine groups is 1. The van der Waals surface area contributed by atoms with Gasteiger partial charge in [-0.1, -0.05) is 13.8 Å². The molecule has 1 aromatic rings. The smallest absolute Gasteiger partial charge is 0.286 e. The first-order chi connectivity index (χ1) is 14.7. The number of hydrogen-bond donors (Lipinski definition) is 3. The number of ether oxygens (including phenoxy) is 1. The lowest BCUT2D eigenvalue weighted by atomic mass is 9.77. The molecule has 0 saturated carbocycles. The lowest BCUT2D eigenvalue weighted by molar-refractivity contribution is -0.132. The van der Waals surface area contributed by atoms with Gasteiger partial charge < -0.3 is 25.8 Å². The Kier molecular flexibility index (Phi) is 4.56. The summed E-state index contributed by atoms with van der Waals surface area (Å²) in [7, 11) is -4.09. The zero-order valence-electron chi connectivity index (χ0n) is 17.4. The molecule has 9 nitrogen and oxygen atoms in total. The standard InChI is InChI=1S/C21H26N4O5S/c1-10(2)7-8-25-18-14-6-5-13(30-14)16(18)19(26)17(21(25)27)20-23-12-4-3-11(22)9-15(12)31(28,29)24-20/h3-4,9-10,13-14,16,18,26H,5-8,22H2,1-2H3,(H,23,24). The maximum atomic E-state index is 13.6. The predicted molar refractivity (Wildman–Crippen MR) is 115 cm³/mol. The van der Waals surface area contributed by atoms with Gasteiger partial charge in [-0.3, -0.25) is 4.79 Å². The summed E-state index contributed by atoms with van der Waals surface area (Å²) in [4.78, 5) is 15.3. The number of hydrogen-bond acceptors (Lipinski definition) is 7. The fourth-order valence-electron chi connectivity index (χ4n) is 5.10. The van der Waals surface area contributed by atoms with E-state index in [1.165, 1.54) is 12.1 Å². The highest BCUT2D eigenvalue weighted by Crippen LogP contribution is 2.48. The molecule has 2 bridgehead atoms. The number of nitrogen functional groups attached to an aromatic ring is 1. The normalized spacial score (nSPS) is 30.9. The molecule has 4 atom stereocenters. The minimum atomic E-state index is -4.09. The molecular weight excluding hydrogens is 420 g/mol. The molecule has 4 unspecified atom stereocenters. The molecule has 0 radical (unpaired) electrons. The van der Waals surface area contributed by atoms with Crippen LogP contribution in [0.25, 0.3) is 0 Å². The second kappa shape index (κ2) is 6.96. The van der Waals surface area contributed by atoms with Crippen molar-refractivity contribution in [1.29, 1.82) is 0 Å². The van der Waals surface area contributed by atoms with Gasteiger partial charge in [0.15, 0.2) is 5.84 Å². The average molecular weight is 447 g/mol. The Bertz CT molecular complexity index is 1130. The van der Waals surface area contributed by atoms with Crippen LogP contribution in [0.1, 0.15) is 33.1 Å². The monoisotopic (exact) mass is 446 g/mol. The van der Waals surface area contributed by atoms with E-state index in [2.05, 4.69) is 23.6 Å². The summed E-state index contributed by atoms with van der Waals surface area (Å²) in [6.45, 7) is 4.67. The SMILES string of the molecule is CC(C)CCN1C(=O)C(C2=NS(=O)(=O)c3cc(N)ccc3N2)=C(O)C2C3CCC(O3)C21. The van der Waals surface area contributed by atoms with Crippen LogP contribution in [0.5, 0.6) is 0 Å². The second-order valence-corrected chi connectivity index (χ2v) is 10.6. The number of fused-ring (bicyclic) bond motifs is 6. The number of amides is 1. The van der Waals surface area contributed by atoms with Gasteiger partial charge in [-0.25, -0.2) is 0 Å². The van der Waals surface area contributed by atoms with Crippen molar-refractivity contribution in [1.82, 2.24) is 4.90 Å². The Morgan fingerprint density at radius 3 is 2.81 bits per heavy atom. The van der Waals surface area contributed by atoms with Crippen molar-refractivity contribution in [2.45, 2.75) is 56.3 Å². The highest BCUT2D eigenvalue weighted by molar-refractivity contribution is 7.90. The number of benzene rings is 1. The van der Waals surface area contributed by atoms with Crippen LogP contribution < -0.4 is 11.1 Å². The Labute approximate surface area is 181 Å². The highest BCUT2D eigenvalue weighted by Gasteiger charge is 2.58. The summed E-state index contributed by atoms with van der Waals surface area (Å²) >= 11 is 0. The molecule has 31 heavy (non-hydrogen) atoms. The van der Waals surface area contributed by atoms with Crippen molar-refractivity contribution in [3.63, 3.8) is 0 Å². The third-order valence-corrected chi connectivity index (χ3v) is 7.89. The molecule has 1 amide bonds. The minimum absolute atomic E-state index is 0.0580. The van der Waals surface area contributed by atoms with E-state index in [0.717, 1.165) is 19.3 Å². The molecule has 4 aliphatic heterocycles. The number of anilines is 2. The maximum absolute atomic E-state index is 13.6. The topological polar surface area (TPSA) is 134 Å². The molecule has 1 aromatic carbocycles. The van der Waals surface area contributed by atoms with E-state index in [9.17, 15) is 18.3 Å². The van der Waals surface area contributed by atoms with Crippen LogP contribution in [-0.2, 0) is 19.6 Å². The van der Waals surface area contributed by atoms with Gasteiger partial charge in [0.2, 0.25) is 0 Å². The number of sulfonamides is 1. The molecule has 4 N–H and O–H groups in total. The lowest BCUT2D eigenvalue weighted by Gasteiger charge is -2.42. The summed E-state index contributed by atoms with van der Waals surface area (Å²) < 4.78 is 35.5. The third kappa shape index (κ3) is 3.11. The van der Waals surface area contributed by atoms with Crippen LogP contribution in [0, 0.1) is 11.8 Å². The number of carbonyl (C=O) groups is 1. The van der Waals surface area contributed by atoms with Gasteiger partial charge in [0.1, 0.15) is 16.2 Å². The van der Waals surface area contributed by atoms with E-state index in [1.54, 1.807) is 11.0 Å². The summed E-state index contributed by atoms with van der Waals surface area (Å²) in [5, 5.41) is 14.1. The average Bonchev–Trinajstić information content (AvgIpc) is 3.30. The molecule has 2 saturated heterocycles. The van der Waals surface area contributed by atoms with Crippen LogP contribution in [0.15, 0.2) is 38.8 Å². The van der Waals surface area contributed by atoms with Gasteiger partial charge >= 0.3 is 0 Å². The first-order valence-electron chi connectivity index (χ1n) is 10.6. The molecule has 5 rings (SSSR count). The Morgan fingerprint density at radius 1 is 1.32 bits per heavy atom. The first-order valence-corrected chi connectivity index (χ1v) is 12.0. The van der Waals surface area contributed by atoms with Crippen molar-refractivity contribution in [3.05, 3.63) is 29.5 Å². The van der Waals surface area contributed by atoms with E-state index in [-0.39, 0.29) is 51.9 Å². The van der Waals surface area contributed by atoms with Crippen LogP contribution in [-0.4, -0.2) is 55.0 Å². The van der Waals surface area contributed by atoms with E-state index < -0.39 is 15.9 Å².